The summed E-state index contributed by atoms with van der Waals surface area (Å²) in [7, 11) is -4.04. The summed E-state index contributed by atoms with van der Waals surface area (Å²) in [6.45, 7) is 11.5. The number of nitrogens with zero attached hydrogens (tertiary/aromatic N) is 1. The zero-order valence-electron chi connectivity index (χ0n) is 18.4. The third kappa shape index (κ3) is 7.24. The fourth-order valence-corrected chi connectivity index (χ4v) is 5.46. The van der Waals surface area contributed by atoms with Gasteiger partial charge in [-0.05, 0) is 43.8 Å². The first-order valence-electron chi connectivity index (χ1n) is 9.89. The molecular formula is C19H37NO6SSi. The minimum atomic E-state index is -3.37. The maximum absolute atomic E-state index is 12.3. The Hall–Kier alpha value is -0.773. The fraction of sp³-hybridized carbons (Fsp3) is 0.895. The number of hydrogen-bond donors (Lipinski definition) is 0. The summed E-state index contributed by atoms with van der Waals surface area (Å²) < 4.78 is 36.9. The minimum absolute atomic E-state index is 0.0704. The van der Waals surface area contributed by atoms with Crippen molar-refractivity contribution in [1.82, 2.24) is 4.31 Å². The topological polar surface area (TPSA) is 90.0 Å². The predicted molar refractivity (Wildman–Crippen MR) is 112 cm³/mol. The van der Waals surface area contributed by atoms with Crippen molar-refractivity contribution in [2.24, 2.45) is 5.92 Å². The molecule has 0 atom stereocenters. The molecule has 0 heterocycles. The van der Waals surface area contributed by atoms with E-state index in [1.54, 1.807) is 0 Å². The maximum Gasteiger partial charge on any atom is 0.313 e. The number of ether oxygens (including phenoxy) is 1. The zero-order valence-corrected chi connectivity index (χ0v) is 20.2. The fourth-order valence-electron chi connectivity index (χ4n) is 3.27. The molecule has 0 amide bonds. The molecule has 0 bridgehead atoms. The van der Waals surface area contributed by atoms with E-state index >= 15 is 0 Å². The number of rotatable bonds is 9. The Kier molecular flexibility index (Phi) is 8.86. The second kappa shape index (κ2) is 9.82. The van der Waals surface area contributed by atoms with Crippen molar-refractivity contribution in [2.75, 3.05) is 26.5 Å². The molecule has 0 aromatic rings. The van der Waals surface area contributed by atoms with E-state index in [1.807, 2.05) is 0 Å². The number of carbonyl (C=O) groups is 2. The van der Waals surface area contributed by atoms with Crippen LogP contribution in [0.25, 0.3) is 0 Å². The van der Waals surface area contributed by atoms with Gasteiger partial charge in [-0.2, -0.15) is 4.31 Å². The van der Waals surface area contributed by atoms with Gasteiger partial charge in [0.1, 0.15) is 12.2 Å². The van der Waals surface area contributed by atoms with Crippen molar-refractivity contribution in [3.8, 4) is 0 Å². The molecule has 7 nitrogen and oxygen atoms in total. The van der Waals surface area contributed by atoms with E-state index in [4.69, 9.17) is 4.43 Å². The van der Waals surface area contributed by atoms with Gasteiger partial charge in [0.15, 0.2) is 8.32 Å². The van der Waals surface area contributed by atoms with Crippen molar-refractivity contribution in [2.45, 2.75) is 77.0 Å². The summed E-state index contributed by atoms with van der Waals surface area (Å²) in [5.41, 5.74) is 0. The van der Waals surface area contributed by atoms with Crippen molar-refractivity contribution in [1.29, 1.82) is 0 Å². The zero-order chi connectivity index (χ0) is 21.8. The number of Topliss-reactive ketones (excluding diaryl/α,β-unsaturated/α-hetero) is 1. The Labute approximate surface area is 171 Å². The van der Waals surface area contributed by atoms with E-state index in [0.717, 1.165) is 0 Å². The summed E-state index contributed by atoms with van der Waals surface area (Å²) in [5, 5.41) is 0.0704. The number of hydrogen-bond acceptors (Lipinski definition) is 6. The summed E-state index contributed by atoms with van der Waals surface area (Å²) >= 11 is 0. The van der Waals surface area contributed by atoms with Crippen molar-refractivity contribution >= 4 is 30.1 Å². The third-order valence-electron chi connectivity index (χ3n) is 6.11. The highest BCUT2D eigenvalue weighted by molar-refractivity contribution is 7.88. The monoisotopic (exact) mass is 435 g/mol. The van der Waals surface area contributed by atoms with E-state index in [9.17, 15) is 18.0 Å². The molecule has 0 spiro atoms. The Morgan fingerprint density at radius 2 is 1.64 bits per heavy atom. The molecule has 0 aromatic heterocycles. The average molecular weight is 436 g/mol. The molecule has 0 unspecified atom stereocenters. The second-order valence-corrected chi connectivity index (χ2v) is 16.0. The highest BCUT2D eigenvalue weighted by Gasteiger charge is 2.38. The Morgan fingerprint density at radius 3 is 2.07 bits per heavy atom. The molecule has 1 fully saturated rings. The second-order valence-electron chi connectivity index (χ2n) is 9.21. The van der Waals surface area contributed by atoms with Crippen molar-refractivity contribution < 1.29 is 27.2 Å². The molecule has 0 aromatic carbocycles. The number of methoxy groups -OCH3 is 1. The van der Waals surface area contributed by atoms with Crippen LogP contribution < -0.4 is 0 Å². The van der Waals surface area contributed by atoms with Gasteiger partial charge in [0.2, 0.25) is 10.0 Å². The number of esters is 1. The van der Waals surface area contributed by atoms with Crippen molar-refractivity contribution in [3.05, 3.63) is 0 Å². The van der Waals surface area contributed by atoms with E-state index in [1.165, 1.54) is 17.7 Å². The Balaban J connectivity index is 2.66. The Morgan fingerprint density at radius 1 is 1.11 bits per heavy atom. The first kappa shape index (κ1) is 25.3. The molecule has 1 saturated carbocycles. The maximum atomic E-state index is 12.3. The highest BCUT2D eigenvalue weighted by Crippen LogP contribution is 2.36. The van der Waals surface area contributed by atoms with E-state index in [0.29, 0.717) is 38.8 Å². The lowest BCUT2D eigenvalue weighted by atomic mass is 9.82. The van der Waals surface area contributed by atoms with Gasteiger partial charge in [-0.1, -0.05) is 20.8 Å². The van der Waals surface area contributed by atoms with Crippen LogP contribution >= 0.6 is 0 Å². The van der Waals surface area contributed by atoms with Crippen LogP contribution in [0.2, 0.25) is 18.1 Å². The number of carbonyl (C=O) groups excluding carboxylic acids is 2. The Bertz CT molecular complexity index is 648. The molecule has 164 valence electrons. The van der Waals surface area contributed by atoms with E-state index < -0.39 is 24.3 Å². The predicted octanol–water partition coefficient (Wildman–Crippen LogP) is 2.96. The summed E-state index contributed by atoms with van der Waals surface area (Å²) in [6, 6.07) is -0.125. The molecule has 0 radical (unpaired) electrons. The lowest BCUT2D eigenvalue weighted by molar-refractivity contribution is -0.144. The van der Waals surface area contributed by atoms with Crippen LogP contribution in [0.3, 0.4) is 0 Å². The lowest BCUT2D eigenvalue weighted by Crippen LogP contribution is -2.47. The van der Waals surface area contributed by atoms with E-state index in [-0.39, 0.29) is 29.2 Å². The van der Waals surface area contributed by atoms with Crippen LogP contribution in [0, 0.1) is 5.92 Å². The van der Waals surface area contributed by atoms with Gasteiger partial charge >= 0.3 is 5.97 Å². The van der Waals surface area contributed by atoms with Crippen LogP contribution in [0.4, 0.5) is 0 Å². The number of sulfonamides is 1. The normalized spacial score (nSPS) is 21.6. The molecule has 0 aliphatic heterocycles. The summed E-state index contributed by atoms with van der Waals surface area (Å²) in [5.74, 6) is -0.828. The summed E-state index contributed by atoms with van der Waals surface area (Å²) in [6.07, 6.45) is 3.44. The van der Waals surface area contributed by atoms with Gasteiger partial charge in [-0.3, -0.25) is 9.59 Å². The molecule has 1 aliphatic carbocycles. The average Bonchev–Trinajstić information content (AvgIpc) is 2.56. The lowest BCUT2D eigenvalue weighted by Gasteiger charge is -2.38. The van der Waals surface area contributed by atoms with Crippen LogP contribution in [0.15, 0.2) is 0 Å². The van der Waals surface area contributed by atoms with Gasteiger partial charge in [0.05, 0.1) is 13.4 Å². The van der Waals surface area contributed by atoms with E-state index in [2.05, 4.69) is 38.6 Å². The minimum Gasteiger partial charge on any atom is -0.469 e. The first-order valence-corrected chi connectivity index (χ1v) is 14.6. The van der Waals surface area contributed by atoms with Gasteiger partial charge in [0.25, 0.3) is 0 Å². The molecule has 28 heavy (non-hydrogen) atoms. The third-order valence-corrected chi connectivity index (χ3v) is 12.0. The molecule has 1 aliphatic rings. The smallest absolute Gasteiger partial charge is 0.313 e. The van der Waals surface area contributed by atoms with Gasteiger partial charge < -0.3 is 9.16 Å². The van der Waals surface area contributed by atoms with Gasteiger partial charge in [0, 0.05) is 25.1 Å². The van der Waals surface area contributed by atoms with Crippen LogP contribution in [0.1, 0.15) is 52.9 Å². The quantitative estimate of drug-likeness (QED) is 0.314. The highest BCUT2D eigenvalue weighted by atomic mass is 32.2. The van der Waals surface area contributed by atoms with Crippen molar-refractivity contribution in [3.63, 3.8) is 0 Å². The molecule has 9 heteroatoms. The van der Waals surface area contributed by atoms with Gasteiger partial charge in [-0.15, -0.1) is 0 Å². The van der Waals surface area contributed by atoms with Crippen LogP contribution in [-0.4, -0.2) is 65.4 Å². The SMILES string of the molecule is COC(=O)CC(=O)C1CCC(N(CCO[Si](C)(C)C(C)(C)C)S(C)(=O)=O)CC1. The molecule has 0 N–H and O–H groups in total. The summed E-state index contributed by atoms with van der Waals surface area (Å²) in [4.78, 5) is 23.5. The first-order chi connectivity index (χ1) is 12.7. The molecule has 0 saturated heterocycles. The standard InChI is InChI=1S/C19H37NO6SSi/c1-19(2,3)28(6,7)26-13-12-20(27(5,23)24)16-10-8-15(9-11-16)17(21)14-18(22)25-4/h15-16H,8-14H2,1-7H3. The van der Waals surface area contributed by atoms with Gasteiger partial charge in [-0.25, -0.2) is 8.42 Å². The van der Waals surface area contributed by atoms with Crippen LogP contribution in [0.5, 0.6) is 0 Å². The largest absolute Gasteiger partial charge is 0.469 e. The number of ketones is 1. The van der Waals surface area contributed by atoms with Crippen LogP contribution in [-0.2, 0) is 28.8 Å². The molecule has 1 rings (SSSR count). The molecular weight excluding hydrogens is 398 g/mol.